The summed E-state index contributed by atoms with van der Waals surface area (Å²) < 4.78 is 86.2. The fourth-order valence-corrected chi connectivity index (χ4v) is 29.9. The van der Waals surface area contributed by atoms with Crippen LogP contribution in [0.5, 0.6) is 0 Å². The van der Waals surface area contributed by atoms with E-state index in [2.05, 4.69) is 117 Å². The lowest BCUT2D eigenvalue weighted by molar-refractivity contribution is 0.141. The fourth-order valence-electron chi connectivity index (χ4n) is 29.9. The predicted molar refractivity (Wildman–Crippen MR) is 551 cm³/mol. The predicted octanol–water partition coefficient (Wildman–Crippen LogP) is 42.3. The van der Waals surface area contributed by atoms with Gasteiger partial charge in [0.25, 0.3) is 18.2 Å². The second-order valence-corrected chi connectivity index (χ2v) is 47.0. The Labute approximate surface area is 800 Å². The van der Waals surface area contributed by atoms with Gasteiger partial charge in [0, 0.05) is 0 Å². The van der Waals surface area contributed by atoms with Gasteiger partial charge in [0.2, 0.25) is 0 Å². The van der Waals surface area contributed by atoms with Crippen molar-refractivity contribution in [3.8, 4) is 0 Å². The molecule has 0 heterocycles. The zero-order valence-electron chi connectivity index (χ0n) is 86.2. The van der Waals surface area contributed by atoms with Crippen molar-refractivity contribution >= 4 is 0 Å². The molecule has 748 valence electrons. The van der Waals surface area contributed by atoms with Crippen molar-refractivity contribution < 1.29 is 30.7 Å². The average Bonchev–Trinajstić information content (AvgIpc) is 0.888. The standard InChI is InChI=1S/C19H34.C18H31F.2C18H32.C17H26F2.C17H30.C16H22F4/c1-3-5-7-17-10-14-19(15-11-17)18-12-8-16(6-4-2)9-13-18;1-3-4-15-5-9-17(10-6-15)18-11-7-16(8-12-18)13-14(2)19;1-3-4-5-6-16-9-13-18(14-10-16)17-11-7-15(2)8-12-17;1-3-5-15-7-11-17(12-8-15)18-13-9-16(6-4-2)10-14-18;1-2-3-13-4-8-15(9-5-13)16-10-6-14(7-11-16)12-17(18)19;1-3-5-15-8-12-17(13-9-15)16-10-6-14(4-2)7-11-16;17-15(18)9-11-1-5-13(6-2-11)14-7-3-12(4-8-14)10-16(19)20/h3,16-19H,1,4-15H2,2H3;13,15-18H,3-12H2,1-2H3;3-4,15-18H,5-14H2,1-2H3;3,5,15-18H,4,6-14H2,1-2H3;2-3,12-16H,4-11H2,1H3;4,14-17H,2-3,5-13H2,1H3;9-14H,1-8H2/b;14-13-;4-3+;5-3+;3-2+;;. The maximum Gasteiger partial charge on any atom is 0.266 e. The molecule has 0 spiro atoms. The largest absolute Gasteiger partial charge is 0.266 e. The lowest BCUT2D eigenvalue weighted by Gasteiger charge is -2.38. The van der Waals surface area contributed by atoms with Gasteiger partial charge in [-0.05, 0) is 507 Å². The van der Waals surface area contributed by atoms with E-state index in [9.17, 15) is 30.7 Å². The molecule has 0 aromatic heterocycles. The summed E-state index contributed by atoms with van der Waals surface area (Å²) in [5.41, 5.74) is 0. The number of hydrogen-bond donors (Lipinski definition) is 0. The molecule has 14 rings (SSSR count). The molecule has 0 atom stereocenters. The Morgan fingerprint density at radius 1 is 0.231 bits per heavy atom. The molecule has 0 aromatic rings. The third kappa shape index (κ3) is 43.7. The van der Waals surface area contributed by atoms with Crippen LogP contribution in [0.25, 0.3) is 0 Å². The van der Waals surface area contributed by atoms with Crippen molar-refractivity contribution in [2.75, 3.05) is 0 Å². The minimum absolute atomic E-state index is 0.0172. The van der Waals surface area contributed by atoms with Gasteiger partial charge in [-0.25, -0.2) is 4.39 Å². The van der Waals surface area contributed by atoms with Crippen LogP contribution in [0.15, 0.2) is 110 Å². The van der Waals surface area contributed by atoms with Crippen molar-refractivity contribution in [1.82, 2.24) is 0 Å². The molecule has 0 radical (unpaired) electrons. The van der Waals surface area contributed by atoms with E-state index in [1.807, 2.05) is 6.08 Å². The van der Waals surface area contributed by atoms with Gasteiger partial charge >= 0.3 is 0 Å². The molecule has 0 aliphatic heterocycles. The molecule has 7 heteroatoms. The van der Waals surface area contributed by atoms with Crippen LogP contribution in [-0.2, 0) is 0 Å². The molecule has 0 amide bonds. The normalized spacial score (nSPS) is 37.0. The van der Waals surface area contributed by atoms with Crippen LogP contribution in [0.3, 0.4) is 0 Å². The Bertz CT molecular complexity index is 2980. The zero-order valence-corrected chi connectivity index (χ0v) is 86.2. The van der Waals surface area contributed by atoms with E-state index in [0.717, 1.165) is 219 Å². The maximum atomic E-state index is 12.9. The van der Waals surface area contributed by atoms with E-state index in [0.29, 0.717) is 17.8 Å². The summed E-state index contributed by atoms with van der Waals surface area (Å²) >= 11 is 0. The van der Waals surface area contributed by atoms with Gasteiger partial charge in [-0.15, -0.1) is 13.2 Å². The zero-order chi connectivity index (χ0) is 93.0. The SMILES string of the molecule is C/C=C/C1CCC(C2CCC(C=C(F)F)CC2)CC1.C/C=C/C1CCC(C2CCC(CCC)CC2)CC1.C/C=C/CCC1CCC(C2CCC(C)CC2)CC1.C=CC1CCC(C2CCC(CCC)CC2)CC1.C=CCCC1CCC(C2CCC(CCC)CC2)CC1.CCCC1CCC(C2CCC(/C=C(/C)F)CC2)CC1.FC(F)=CC1CCC(C2CCC(C=C(F)F)CC2)CC1. The third-order valence-corrected chi connectivity index (χ3v) is 38.1. The first-order valence-corrected chi connectivity index (χ1v) is 57.7. The van der Waals surface area contributed by atoms with Gasteiger partial charge in [-0.3, -0.25) is 0 Å². The highest BCUT2D eigenvalue weighted by molar-refractivity contribution is 5.00. The summed E-state index contributed by atoms with van der Waals surface area (Å²) in [4.78, 5) is 0. The van der Waals surface area contributed by atoms with Crippen molar-refractivity contribution in [2.24, 2.45) is 166 Å². The molecule has 0 unspecified atom stereocenters. The lowest BCUT2D eigenvalue weighted by atomic mass is 9.68. The first-order chi connectivity index (χ1) is 63.2. The highest BCUT2D eigenvalue weighted by Crippen LogP contribution is 2.51. The molecule has 14 aliphatic rings. The van der Waals surface area contributed by atoms with Gasteiger partial charge in [0.1, 0.15) is 0 Å². The number of rotatable bonds is 28. The van der Waals surface area contributed by atoms with Gasteiger partial charge in [-0.2, -0.15) is 26.3 Å². The van der Waals surface area contributed by atoms with E-state index < -0.39 is 18.2 Å². The van der Waals surface area contributed by atoms with Crippen LogP contribution in [0.1, 0.15) is 499 Å². The second kappa shape index (κ2) is 65.9. The molecular weight excluding hydrogens is 1610 g/mol. The maximum absolute atomic E-state index is 12.9. The summed E-state index contributed by atoms with van der Waals surface area (Å²) in [6.07, 6.45) is 112. The van der Waals surface area contributed by atoms with Crippen molar-refractivity contribution in [1.29, 1.82) is 0 Å². The first-order valence-electron chi connectivity index (χ1n) is 57.7. The van der Waals surface area contributed by atoms with Gasteiger partial charge in [0.05, 0.1) is 5.83 Å². The second-order valence-electron chi connectivity index (χ2n) is 47.0. The van der Waals surface area contributed by atoms with Crippen LogP contribution in [-0.4, -0.2) is 0 Å². The summed E-state index contributed by atoms with van der Waals surface area (Å²) in [5.74, 6) is 24.1. The quantitative estimate of drug-likeness (QED) is 0.0541. The van der Waals surface area contributed by atoms with Crippen LogP contribution >= 0.6 is 0 Å². The topological polar surface area (TPSA) is 0 Å². The highest BCUT2D eigenvalue weighted by atomic mass is 19.3. The van der Waals surface area contributed by atoms with Crippen molar-refractivity contribution in [2.45, 2.75) is 499 Å². The molecular formula is C123H207F7. The Hall–Kier alpha value is -2.83. The summed E-state index contributed by atoms with van der Waals surface area (Å²) in [6.45, 7) is 27.6. The van der Waals surface area contributed by atoms with Crippen molar-refractivity contribution in [3.05, 3.63) is 110 Å². The molecule has 14 saturated carbocycles. The van der Waals surface area contributed by atoms with Crippen LogP contribution in [0, 0.1) is 166 Å². The Morgan fingerprint density at radius 3 is 0.615 bits per heavy atom. The first kappa shape index (κ1) is 112. The molecule has 130 heavy (non-hydrogen) atoms. The molecule has 0 saturated heterocycles. The van der Waals surface area contributed by atoms with E-state index in [4.69, 9.17) is 0 Å². The van der Waals surface area contributed by atoms with Gasteiger partial charge < -0.3 is 0 Å². The summed E-state index contributed by atoms with van der Waals surface area (Å²) in [6, 6.07) is 0. The summed E-state index contributed by atoms with van der Waals surface area (Å²) in [5, 5.41) is 0. The monoisotopic (exact) mass is 1820 g/mol. The van der Waals surface area contributed by atoms with E-state index in [-0.39, 0.29) is 23.6 Å². The molecule has 14 fully saturated rings. The lowest BCUT2D eigenvalue weighted by Crippen LogP contribution is -2.25. The smallest absolute Gasteiger partial charge is 0.212 e. The highest BCUT2D eigenvalue weighted by Gasteiger charge is 2.38. The molecule has 0 bridgehead atoms. The number of halogens is 7. The Kier molecular flexibility index (Phi) is 57.0. The van der Waals surface area contributed by atoms with Crippen LogP contribution in [0.4, 0.5) is 30.7 Å². The minimum Gasteiger partial charge on any atom is -0.212 e. The summed E-state index contributed by atoms with van der Waals surface area (Å²) in [7, 11) is 0. The Balaban J connectivity index is 0.000000187. The molecule has 14 aliphatic carbocycles. The van der Waals surface area contributed by atoms with Gasteiger partial charge in [0.15, 0.2) is 0 Å². The Morgan fingerprint density at radius 2 is 0.423 bits per heavy atom. The van der Waals surface area contributed by atoms with E-state index in [1.165, 1.54) is 327 Å². The van der Waals surface area contributed by atoms with Gasteiger partial charge in [-0.1, -0.05) is 231 Å². The van der Waals surface area contributed by atoms with E-state index >= 15 is 0 Å². The van der Waals surface area contributed by atoms with Crippen molar-refractivity contribution in [3.63, 3.8) is 0 Å². The van der Waals surface area contributed by atoms with Crippen LogP contribution < -0.4 is 0 Å². The third-order valence-electron chi connectivity index (χ3n) is 38.1. The number of allylic oxidation sites excluding steroid dienone is 13. The minimum atomic E-state index is -1.56. The van der Waals surface area contributed by atoms with E-state index in [1.54, 1.807) is 45.4 Å². The molecule has 0 aromatic carbocycles. The average molecular weight is 1820 g/mol. The fraction of sp³-hybridized carbons (Fsp3) is 0.854. The molecule has 0 nitrogen and oxygen atoms in total. The number of hydrogen-bond acceptors (Lipinski definition) is 0. The molecule has 0 N–H and O–H groups in total. The van der Waals surface area contributed by atoms with Crippen LogP contribution in [0.2, 0.25) is 0 Å².